The predicted molar refractivity (Wildman–Crippen MR) is 70.3 cm³/mol. The molecule has 0 amide bonds. The average molecular weight is 233 g/mol. The maximum atomic E-state index is 5.45. The number of anilines is 1. The Morgan fingerprint density at radius 3 is 3.06 bits per heavy atom. The van der Waals surface area contributed by atoms with E-state index in [-0.39, 0.29) is 0 Å². The molecule has 1 unspecified atom stereocenters. The van der Waals surface area contributed by atoms with Gasteiger partial charge in [-0.25, -0.2) is 0 Å². The van der Waals surface area contributed by atoms with Gasteiger partial charge in [-0.15, -0.1) is 0 Å². The first-order valence-electron chi connectivity index (χ1n) is 5.95. The molecule has 1 atom stereocenters. The van der Waals surface area contributed by atoms with Crippen molar-refractivity contribution in [2.24, 2.45) is 0 Å². The summed E-state index contributed by atoms with van der Waals surface area (Å²) < 4.78 is 5.45. The van der Waals surface area contributed by atoms with Crippen LogP contribution in [0.2, 0.25) is 0 Å². The second kappa shape index (κ2) is 5.19. The Hall–Kier alpha value is -1.55. The van der Waals surface area contributed by atoms with E-state index in [1.165, 1.54) is 0 Å². The quantitative estimate of drug-likeness (QED) is 0.804. The number of morpholine rings is 1. The van der Waals surface area contributed by atoms with Crippen molar-refractivity contribution >= 4 is 18.0 Å². The summed E-state index contributed by atoms with van der Waals surface area (Å²) in [5.74, 6) is 0.994. The lowest BCUT2D eigenvalue weighted by atomic mass is 10.2. The summed E-state index contributed by atoms with van der Waals surface area (Å²) in [6, 6.07) is 0.355. The van der Waals surface area contributed by atoms with E-state index >= 15 is 0 Å². The first kappa shape index (κ1) is 11.9. The highest BCUT2D eigenvalue weighted by Gasteiger charge is 2.21. The van der Waals surface area contributed by atoms with Gasteiger partial charge in [-0.1, -0.05) is 18.7 Å². The van der Waals surface area contributed by atoms with E-state index in [9.17, 15) is 0 Å². The largest absolute Gasteiger partial charge is 0.377 e. The molecule has 92 valence electrons. The molecule has 1 aliphatic heterocycles. The summed E-state index contributed by atoms with van der Waals surface area (Å²) in [4.78, 5) is 2.28. The van der Waals surface area contributed by atoms with Crippen LogP contribution in [0.25, 0.3) is 12.2 Å². The van der Waals surface area contributed by atoms with Gasteiger partial charge in [0.05, 0.1) is 24.6 Å². The Labute approximate surface area is 101 Å². The topological polar surface area (TPSA) is 41.1 Å². The Morgan fingerprint density at radius 2 is 2.41 bits per heavy atom. The van der Waals surface area contributed by atoms with E-state index in [0.717, 1.165) is 36.1 Å². The molecule has 4 nitrogen and oxygen atoms in total. The lowest BCUT2D eigenvalue weighted by Gasteiger charge is -2.33. The van der Waals surface area contributed by atoms with E-state index in [1.54, 1.807) is 6.08 Å². The van der Waals surface area contributed by atoms with E-state index in [0.29, 0.717) is 6.04 Å². The Morgan fingerprint density at radius 1 is 1.59 bits per heavy atom. The van der Waals surface area contributed by atoms with Crippen LogP contribution >= 0.6 is 0 Å². The molecule has 1 aliphatic rings. The minimum absolute atomic E-state index is 0.355. The molecule has 2 rings (SSSR count). The number of allylic oxidation sites excluding steroid dienone is 1. The Balaban J connectivity index is 2.48. The monoisotopic (exact) mass is 233 g/mol. The van der Waals surface area contributed by atoms with Crippen LogP contribution in [-0.4, -0.2) is 36.0 Å². The normalized spacial score (nSPS) is 23.2. The zero-order valence-electron chi connectivity index (χ0n) is 10.4. The summed E-state index contributed by atoms with van der Waals surface area (Å²) in [6.45, 7) is 10.3. The smallest absolute Gasteiger partial charge is 0.158 e. The molecule has 4 heteroatoms. The third-order valence-electron chi connectivity index (χ3n) is 3.03. The van der Waals surface area contributed by atoms with Crippen molar-refractivity contribution in [2.75, 3.05) is 24.7 Å². The molecule has 1 saturated heterocycles. The number of hydrogen-bond acceptors (Lipinski definition) is 3. The number of ether oxygens (including phenoxy) is 1. The van der Waals surface area contributed by atoms with Crippen LogP contribution in [-0.2, 0) is 4.74 Å². The van der Waals surface area contributed by atoms with E-state index in [1.807, 2.05) is 19.1 Å². The summed E-state index contributed by atoms with van der Waals surface area (Å²) in [6.07, 6.45) is 5.82. The van der Waals surface area contributed by atoms with Gasteiger partial charge in [0.15, 0.2) is 5.82 Å². The van der Waals surface area contributed by atoms with Gasteiger partial charge in [0, 0.05) is 11.8 Å². The van der Waals surface area contributed by atoms with Gasteiger partial charge in [0.2, 0.25) is 0 Å². The maximum absolute atomic E-state index is 5.45. The molecule has 1 aromatic rings. The minimum atomic E-state index is 0.355. The third-order valence-corrected chi connectivity index (χ3v) is 3.03. The fourth-order valence-electron chi connectivity index (χ4n) is 2.12. The van der Waals surface area contributed by atoms with Crippen molar-refractivity contribution in [3.8, 4) is 0 Å². The van der Waals surface area contributed by atoms with E-state index < -0.39 is 0 Å². The molecular formula is C13H19N3O. The van der Waals surface area contributed by atoms with Crippen LogP contribution < -0.4 is 15.5 Å². The van der Waals surface area contributed by atoms with Gasteiger partial charge in [-0.2, -0.15) is 5.10 Å². The number of nitrogens with zero attached hydrogens (tertiary/aromatic N) is 2. The van der Waals surface area contributed by atoms with Gasteiger partial charge in [-0.3, -0.25) is 5.10 Å². The molecule has 0 saturated carbocycles. The molecule has 1 aromatic heterocycles. The summed E-state index contributed by atoms with van der Waals surface area (Å²) in [5.41, 5.74) is 0. The number of hydrogen-bond donors (Lipinski definition) is 1. The van der Waals surface area contributed by atoms with Gasteiger partial charge >= 0.3 is 0 Å². The fourth-order valence-corrected chi connectivity index (χ4v) is 2.12. The lowest BCUT2D eigenvalue weighted by Crippen LogP contribution is -2.46. The van der Waals surface area contributed by atoms with Crippen molar-refractivity contribution in [3.63, 3.8) is 0 Å². The van der Waals surface area contributed by atoms with Crippen LogP contribution in [0.1, 0.15) is 13.8 Å². The fraction of sp³-hybridized carbons (Fsp3) is 0.462. The minimum Gasteiger partial charge on any atom is -0.377 e. The van der Waals surface area contributed by atoms with Crippen LogP contribution in [0.15, 0.2) is 12.7 Å². The van der Waals surface area contributed by atoms with Gasteiger partial charge in [0.1, 0.15) is 0 Å². The average Bonchev–Trinajstić information content (AvgIpc) is 2.73. The van der Waals surface area contributed by atoms with Crippen molar-refractivity contribution < 1.29 is 4.74 Å². The number of H-pyrrole nitrogens is 1. The number of nitrogens with one attached hydrogen (secondary N) is 1. The second-order valence-electron chi connectivity index (χ2n) is 4.18. The number of aromatic amines is 1. The van der Waals surface area contributed by atoms with Crippen LogP contribution in [0.4, 0.5) is 5.82 Å². The maximum Gasteiger partial charge on any atom is 0.158 e. The molecule has 0 aliphatic carbocycles. The first-order chi connectivity index (χ1) is 8.27. The predicted octanol–water partition coefficient (Wildman–Crippen LogP) is 0.402. The van der Waals surface area contributed by atoms with E-state index in [2.05, 4.69) is 28.6 Å². The van der Waals surface area contributed by atoms with Crippen molar-refractivity contribution in [1.82, 2.24) is 10.2 Å². The highest BCUT2D eigenvalue weighted by molar-refractivity contribution is 5.50. The lowest BCUT2D eigenvalue weighted by molar-refractivity contribution is 0.0984. The van der Waals surface area contributed by atoms with Gasteiger partial charge in [-0.05, 0) is 19.9 Å². The molecule has 2 heterocycles. The summed E-state index contributed by atoms with van der Waals surface area (Å²) in [7, 11) is 0. The molecule has 17 heavy (non-hydrogen) atoms. The Bertz CT molecular complexity index is 503. The second-order valence-corrected chi connectivity index (χ2v) is 4.18. The highest BCUT2D eigenvalue weighted by Crippen LogP contribution is 2.11. The molecule has 1 fully saturated rings. The third kappa shape index (κ3) is 2.26. The highest BCUT2D eigenvalue weighted by atomic mass is 16.5. The van der Waals surface area contributed by atoms with E-state index in [4.69, 9.17) is 4.74 Å². The molecular weight excluding hydrogens is 214 g/mol. The van der Waals surface area contributed by atoms with Crippen LogP contribution in [0.5, 0.6) is 0 Å². The van der Waals surface area contributed by atoms with Crippen molar-refractivity contribution in [1.29, 1.82) is 0 Å². The molecule has 0 spiro atoms. The van der Waals surface area contributed by atoms with Gasteiger partial charge < -0.3 is 9.64 Å². The number of rotatable bonds is 2. The first-order valence-corrected chi connectivity index (χ1v) is 5.95. The standard InChI is InChI=1S/C13H19N3O/c1-4-6-11-12(5-2)14-15-13(11)16-7-8-17-9-10(16)3/h4-6,10,14H,1,7-9H2,2-3H3/b11-6+,12-5+. The zero-order chi connectivity index (χ0) is 12.3. The van der Waals surface area contributed by atoms with Crippen LogP contribution in [0.3, 0.4) is 0 Å². The van der Waals surface area contributed by atoms with Crippen molar-refractivity contribution in [3.05, 3.63) is 23.2 Å². The Kier molecular flexibility index (Phi) is 3.64. The molecule has 0 bridgehead atoms. The molecule has 0 radical (unpaired) electrons. The molecule has 0 aromatic carbocycles. The summed E-state index contributed by atoms with van der Waals surface area (Å²) in [5, 5.41) is 9.62. The van der Waals surface area contributed by atoms with Crippen molar-refractivity contribution in [2.45, 2.75) is 19.9 Å². The van der Waals surface area contributed by atoms with Crippen LogP contribution in [0, 0.1) is 0 Å². The molecule has 1 N–H and O–H groups in total. The zero-order valence-corrected chi connectivity index (χ0v) is 10.4. The SMILES string of the molecule is C=C/C=c1/c(N2CCOCC2C)n[nH]/c1=C/C. The van der Waals surface area contributed by atoms with Gasteiger partial charge in [0.25, 0.3) is 0 Å². The number of aromatic nitrogens is 2. The summed E-state index contributed by atoms with van der Waals surface area (Å²) >= 11 is 0.